The molecule has 0 radical (unpaired) electrons. The minimum absolute atomic E-state index is 0.313. The van der Waals surface area contributed by atoms with E-state index in [1.54, 1.807) is 0 Å². The quantitative estimate of drug-likeness (QED) is 0.429. The first-order valence-electron chi connectivity index (χ1n) is 7.36. The molecule has 0 amide bonds. The minimum atomic E-state index is -4.79. The van der Waals surface area contributed by atoms with Crippen LogP contribution >= 0.6 is 0 Å². The topological polar surface area (TPSA) is 88.6 Å². The van der Waals surface area contributed by atoms with Crippen molar-refractivity contribution in [3.05, 3.63) is 29.3 Å². The zero-order chi connectivity index (χ0) is 20.1. The fourth-order valence-electron chi connectivity index (χ4n) is 2.12. The van der Waals surface area contributed by atoms with Gasteiger partial charge in [0.15, 0.2) is 11.6 Å². The Morgan fingerprint density at radius 3 is 1.81 bits per heavy atom. The maximum absolute atomic E-state index is 14.6. The zero-order valence-corrected chi connectivity index (χ0v) is 15.3. The molecule has 0 aliphatic carbocycles. The van der Waals surface area contributed by atoms with Gasteiger partial charge in [-0.3, -0.25) is 13.6 Å². The average Bonchev–Trinajstić information content (AvgIpc) is 2.53. The molecule has 0 unspecified atom stereocenters. The molecule has 12 heteroatoms. The van der Waals surface area contributed by atoms with Crippen LogP contribution in [-0.4, -0.2) is 47.5 Å². The third-order valence-corrected chi connectivity index (χ3v) is 7.57. The Morgan fingerprint density at radius 2 is 1.42 bits per heavy atom. The van der Waals surface area contributed by atoms with Gasteiger partial charge in [-0.05, 0) is 31.9 Å². The van der Waals surface area contributed by atoms with Gasteiger partial charge in [0.2, 0.25) is 20.0 Å². The molecule has 0 aromatic heterocycles. The molecular weight excluding hydrogens is 402 g/mol. The molecule has 0 bridgehead atoms. The highest BCUT2D eigenvalue weighted by atomic mass is 32.3. The van der Waals surface area contributed by atoms with E-state index in [1.807, 2.05) is 0 Å². The predicted octanol–water partition coefficient (Wildman–Crippen LogP) is 2.35. The molecule has 26 heavy (non-hydrogen) atoms. The zero-order valence-electron chi connectivity index (χ0n) is 13.7. The van der Waals surface area contributed by atoms with Crippen LogP contribution in [0.25, 0.3) is 0 Å². The van der Waals surface area contributed by atoms with Crippen LogP contribution in [-0.2, 0) is 20.0 Å². The third-order valence-electron chi connectivity index (χ3n) is 3.20. The maximum atomic E-state index is 14.6. The summed E-state index contributed by atoms with van der Waals surface area (Å²) in [6.45, 7) is -1.35. The fraction of sp³-hybridized carbons (Fsp3) is 0.500. The number of sulfonamides is 2. The highest BCUT2D eigenvalue weighted by molar-refractivity contribution is 8.10. The molecule has 0 spiro atoms. The van der Waals surface area contributed by atoms with E-state index in [9.17, 15) is 39.2 Å². The van der Waals surface area contributed by atoms with E-state index in [1.165, 1.54) is 0 Å². The molecule has 0 heterocycles. The van der Waals surface area contributed by atoms with E-state index in [4.69, 9.17) is 0 Å². The minimum Gasteiger partial charge on any atom is -0.294 e. The van der Waals surface area contributed by atoms with Crippen molar-refractivity contribution in [3.8, 4) is 0 Å². The number of hydrogen-bond donors (Lipinski definition) is 0. The lowest BCUT2D eigenvalue weighted by molar-refractivity contribution is 0.101. The normalized spacial score (nSPS) is 12.2. The number of alkyl halides is 2. The number of nitrogens with zero attached hydrogens (tertiary/aromatic N) is 1. The lowest BCUT2D eigenvalue weighted by Crippen LogP contribution is -2.41. The Morgan fingerprint density at radius 1 is 0.962 bits per heavy atom. The number of halogens is 4. The number of anilines is 1. The van der Waals surface area contributed by atoms with E-state index in [0.29, 0.717) is 12.1 Å². The first-order chi connectivity index (χ1) is 12.0. The fourth-order valence-corrected chi connectivity index (χ4v) is 6.11. The van der Waals surface area contributed by atoms with Crippen LogP contribution in [0.1, 0.15) is 30.1 Å². The number of carbonyl (C=O) groups is 1. The number of benzene rings is 1. The average molecular weight is 419 g/mol. The summed E-state index contributed by atoms with van der Waals surface area (Å²) in [7, 11) is -9.59. The Kier molecular flexibility index (Phi) is 7.57. The first-order valence-corrected chi connectivity index (χ1v) is 10.6. The van der Waals surface area contributed by atoms with Gasteiger partial charge in [-0.1, -0.05) is 0 Å². The smallest absolute Gasteiger partial charge is 0.248 e. The van der Waals surface area contributed by atoms with Crippen molar-refractivity contribution in [1.29, 1.82) is 0 Å². The molecular formula is C14H17F4NO5S2. The molecule has 0 fully saturated rings. The highest BCUT2D eigenvalue weighted by Gasteiger charge is 2.37. The summed E-state index contributed by atoms with van der Waals surface area (Å²) in [4.78, 5) is 11.4. The van der Waals surface area contributed by atoms with Crippen molar-refractivity contribution in [2.75, 3.05) is 28.6 Å². The van der Waals surface area contributed by atoms with Gasteiger partial charge < -0.3 is 0 Å². The Bertz CT molecular complexity index is 834. The summed E-state index contributed by atoms with van der Waals surface area (Å²) in [6.07, 6.45) is -1.14. The molecule has 0 aliphatic rings. The Balaban J connectivity index is 3.67. The van der Waals surface area contributed by atoms with E-state index in [2.05, 4.69) is 0 Å². The second-order valence-corrected chi connectivity index (χ2v) is 9.33. The molecule has 6 nitrogen and oxygen atoms in total. The third kappa shape index (κ3) is 4.93. The van der Waals surface area contributed by atoms with E-state index < -0.39 is 86.4 Å². The van der Waals surface area contributed by atoms with Gasteiger partial charge in [-0.15, -0.1) is 0 Å². The number of carbonyl (C=O) groups excluding carboxylic acids is 1. The van der Waals surface area contributed by atoms with Crippen LogP contribution in [0.4, 0.5) is 23.2 Å². The summed E-state index contributed by atoms with van der Waals surface area (Å²) in [5.74, 6) is -6.05. The second-order valence-electron chi connectivity index (χ2n) is 5.23. The van der Waals surface area contributed by atoms with Gasteiger partial charge in [0, 0.05) is 0 Å². The summed E-state index contributed by atoms with van der Waals surface area (Å²) in [5, 5.41) is 0. The molecule has 0 saturated heterocycles. The summed E-state index contributed by atoms with van der Waals surface area (Å²) in [6, 6.07) is 1.08. The van der Waals surface area contributed by atoms with Crippen molar-refractivity contribution in [1.82, 2.24) is 0 Å². The molecule has 1 rings (SSSR count). The molecule has 0 aliphatic heterocycles. The molecule has 0 atom stereocenters. The van der Waals surface area contributed by atoms with Crippen LogP contribution < -0.4 is 3.71 Å². The van der Waals surface area contributed by atoms with Gasteiger partial charge in [-0.25, -0.2) is 25.6 Å². The lowest BCUT2D eigenvalue weighted by atomic mass is 10.1. The first kappa shape index (κ1) is 22.4. The van der Waals surface area contributed by atoms with Crippen LogP contribution in [0.5, 0.6) is 0 Å². The van der Waals surface area contributed by atoms with Gasteiger partial charge in [0.1, 0.15) is 11.5 Å². The molecule has 1 aromatic rings. The largest absolute Gasteiger partial charge is 0.294 e. The van der Waals surface area contributed by atoms with Crippen molar-refractivity contribution in [2.24, 2.45) is 0 Å². The van der Waals surface area contributed by atoms with Crippen LogP contribution in [0.3, 0.4) is 0 Å². The van der Waals surface area contributed by atoms with E-state index in [0.717, 1.165) is 6.92 Å². The maximum Gasteiger partial charge on any atom is 0.248 e. The van der Waals surface area contributed by atoms with Crippen LogP contribution in [0.15, 0.2) is 12.1 Å². The molecule has 0 N–H and O–H groups in total. The summed E-state index contributed by atoms with van der Waals surface area (Å²) < 4.78 is 102. The van der Waals surface area contributed by atoms with Gasteiger partial charge in [0.05, 0.1) is 30.4 Å². The highest BCUT2D eigenvalue weighted by Crippen LogP contribution is 2.30. The van der Waals surface area contributed by atoms with Crippen LogP contribution in [0, 0.1) is 11.6 Å². The van der Waals surface area contributed by atoms with Gasteiger partial charge in [0.25, 0.3) is 0 Å². The second kappa shape index (κ2) is 8.80. The number of hydrogen-bond acceptors (Lipinski definition) is 5. The number of Topliss-reactive ketones (excluding diaryl/α,β-unsaturated/α-hetero) is 1. The summed E-state index contributed by atoms with van der Waals surface area (Å²) >= 11 is 0. The molecule has 148 valence electrons. The Hall–Kier alpha value is -1.69. The monoisotopic (exact) mass is 419 g/mol. The van der Waals surface area contributed by atoms with Gasteiger partial charge in [-0.2, -0.15) is 3.71 Å². The number of rotatable bonds is 10. The summed E-state index contributed by atoms with van der Waals surface area (Å²) in [5.41, 5.74) is -2.22. The number of ketones is 1. The van der Waals surface area contributed by atoms with Crippen molar-refractivity contribution in [2.45, 2.75) is 19.8 Å². The SMILES string of the molecule is CC(=O)c1c(F)ccc(N(S(=O)(=O)CCCF)S(=O)(=O)CCCF)c1F. The van der Waals surface area contributed by atoms with E-state index in [-0.39, 0.29) is 3.71 Å². The van der Waals surface area contributed by atoms with Crippen LogP contribution in [0.2, 0.25) is 0 Å². The lowest BCUT2D eigenvalue weighted by Gasteiger charge is -2.24. The molecule has 1 aromatic carbocycles. The van der Waals surface area contributed by atoms with E-state index >= 15 is 0 Å². The Labute approximate surface area is 148 Å². The predicted molar refractivity (Wildman–Crippen MR) is 87.6 cm³/mol. The standard InChI is InChI=1S/C14H17F4NO5S2/c1-10(20)13-11(17)4-5-12(14(13)18)19(25(21,22)8-2-6-15)26(23,24)9-3-7-16/h4-5H,2-3,6-9H2,1H3. The molecule has 0 saturated carbocycles. The van der Waals surface area contributed by atoms with Gasteiger partial charge >= 0.3 is 0 Å². The van der Waals surface area contributed by atoms with Crippen molar-refractivity contribution in [3.63, 3.8) is 0 Å². The van der Waals surface area contributed by atoms with Crippen molar-refractivity contribution < 1.29 is 39.2 Å². The van der Waals surface area contributed by atoms with Crippen molar-refractivity contribution >= 4 is 31.5 Å².